The van der Waals surface area contributed by atoms with Gasteiger partial charge in [0.2, 0.25) is 0 Å². The molecule has 0 fully saturated rings. The molecule has 0 bridgehead atoms. The van der Waals surface area contributed by atoms with Crippen molar-refractivity contribution in [3.63, 3.8) is 0 Å². The van der Waals surface area contributed by atoms with Crippen LogP contribution in [0.2, 0.25) is 0 Å². The van der Waals surface area contributed by atoms with Gasteiger partial charge in [-0.2, -0.15) is 0 Å². The number of carbonyl (C=O) groups excluding carboxylic acids is 2. The molecule has 166 valence electrons. The fraction of sp³-hybridized carbons (Fsp3) is 0.565. The Hall–Kier alpha value is -2.54. The van der Waals surface area contributed by atoms with E-state index in [1.807, 2.05) is 33.8 Å². The summed E-state index contributed by atoms with van der Waals surface area (Å²) in [7, 11) is 3.13. The largest absolute Gasteiger partial charge is 0.503 e. The molecule has 0 spiro atoms. The molecule has 1 heterocycles. The van der Waals surface area contributed by atoms with E-state index in [4.69, 9.17) is 14.2 Å². The van der Waals surface area contributed by atoms with Gasteiger partial charge in [0.15, 0.2) is 23.0 Å². The van der Waals surface area contributed by atoms with E-state index in [9.17, 15) is 14.7 Å². The smallest absolute Gasteiger partial charge is 0.290 e. The maximum Gasteiger partial charge on any atom is 0.290 e. The lowest BCUT2D eigenvalue weighted by Gasteiger charge is -2.27. The topological polar surface area (TPSA) is 85.3 Å². The second-order valence-corrected chi connectivity index (χ2v) is 8.11. The van der Waals surface area contributed by atoms with Crippen molar-refractivity contribution >= 4 is 11.7 Å². The van der Waals surface area contributed by atoms with Gasteiger partial charge in [-0.05, 0) is 43.9 Å². The molecule has 1 N–H and O–H groups in total. The van der Waals surface area contributed by atoms with Gasteiger partial charge in [0.1, 0.15) is 0 Å². The van der Waals surface area contributed by atoms with Gasteiger partial charge in [-0.25, -0.2) is 0 Å². The first-order valence-electron chi connectivity index (χ1n) is 10.3. The van der Waals surface area contributed by atoms with Gasteiger partial charge in [-0.3, -0.25) is 9.59 Å². The SMILES string of the molecule is COCCCN1C(=O)C(O)=C(C(=O)CC(C)C)C1c1ccc(OC(C)C)c(OC)c1. The number of Topliss-reactive ketones (excluding diaryl/α,β-unsaturated/α-hetero) is 1. The van der Waals surface area contributed by atoms with Crippen LogP contribution in [0.3, 0.4) is 0 Å². The fourth-order valence-corrected chi connectivity index (χ4v) is 3.58. The van der Waals surface area contributed by atoms with Crippen LogP contribution in [-0.2, 0) is 14.3 Å². The Bertz CT molecular complexity index is 799. The molecule has 0 aliphatic carbocycles. The second-order valence-electron chi connectivity index (χ2n) is 8.11. The van der Waals surface area contributed by atoms with Crippen molar-refractivity contribution in [2.45, 2.75) is 52.7 Å². The van der Waals surface area contributed by atoms with Crippen LogP contribution in [-0.4, -0.2) is 55.2 Å². The van der Waals surface area contributed by atoms with Crippen LogP contribution in [0.25, 0.3) is 0 Å². The van der Waals surface area contributed by atoms with Crippen molar-refractivity contribution in [2.75, 3.05) is 27.4 Å². The molecule has 1 aromatic carbocycles. The van der Waals surface area contributed by atoms with E-state index >= 15 is 0 Å². The molecule has 0 saturated heterocycles. The zero-order valence-corrected chi connectivity index (χ0v) is 18.7. The summed E-state index contributed by atoms with van der Waals surface area (Å²) in [6.45, 7) is 8.52. The van der Waals surface area contributed by atoms with Crippen LogP contribution >= 0.6 is 0 Å². The number of rotatable bonds is 11. The highest BCUT2D eigenvalue weighted by Crippen LogP contribution is 2.41. The van der Waals surface area contributed by atoms with Crippen molar-refractivity contribution in [1.82, 2.24) is 4.90 Å². The van der Waals surface area contributed by atoms with E-state index in [-0.39, 0.29) is 29.8 Å². The molecule has 1 unspecified atom stereocenters. The van der Waals surface area contributed by atoms with E-state index in [1.165, 1.54) is 4.90 Å². The standard InChI is InChI=1S/C23H33NO6/c1-14(2)12-17(25)20-21(24(10-7-11-28-5)23(27)22(20)26)16-8-9-18(30-15(3)4)19(13-16)29-6/h8-9,13-15,21,26H,7,10-12H2,1-6H3. The van der Waals surface area contributed by atoms with Crippen LogP contribution in [0.5, 0.6) is 11.5 Å². The average molecular weight is 420 g/mol. The number of hydrogen-bond acceptors (Lipinski definition) is 6. The predicted octanol–water partition coefficient (Wildman–Crippen LogP) is 3.83. The maximum atomic E-state index is 13.0. The van der Waals surface area contributed by atoms with Gasteiger partial charge in [-0.1, -0.05) is 19.9 Å². The van der Waals surface area contributed by atoms with Crippen LogP contribution < -0.4 is 9.47 Å². The van der Waals surface area contributed by atoms with E-state index in [0.29, 0.717) is 36.6 Å². The molecule has 1 atom stereocenters. The van der Waals surface area contributed by atoms with Gasteiger partial charge in [0.05, 0.1) is 24.8 Å². The lowest BCUT2D eigenvalue weighted by atomic mass is 9.92. The number of nitrogens with zero attached hydrogens (tertiary/aromatic N) is 1. The second kappa shape index (κ2) is 10.5. The van der Waals surface area contributed by atoms with E-state index in [1.54, 1.807) is 26.4 Å². The van der Waals surface area contributed by atoms with Gasteiger partial charge in [0.25, 0.3) is 5.91 Å². The first-order valence-corrected chi connectivity index (χ1v) is 10.3. The average Bonchev–Trinajstić information content (AvgIpc) is 2.92. The summed E-state index contributed by atoms with van der Waals surface area (Å²) in [5.41, 5.74) is 0.829. The number of aliphatic hydroxyl groups excluding tert-OH is 1. The quantitative estimate of drug-likeness (QED) is 0.549. The number of hydrogen-bond donors (Lipinski definition) is 1. The number of ether oxygens (including phenoxy) is 3. The van der Waals surface area contributed by atoms with Crippen molar-refractivity contribution in [3.8, 4) is 11.5 Å². The zero-order valence-electron chi connectivity index (χ0n) is 18.7. The summed E-state index contributed by atoms with van der Waals surface area (Å²) >= 11 is 0. The molecule has 0 radical (unpaired) electrons. The van der Waals surface area contributed by atoms with Gasteiger partial charge < -0.3 is 24.2 Å². The normalized spacial score (nSPS) is 16.7. The molecule has 2 rings (SSSR count). The highest BCUT2D eigenvalue weighted by molar-refractivity contribution is 6.09. The van der Waals surface area contributed by atoms with E-state index in [0.717, 1.165) is 0 Å². The fourth-order valence-electron chi connectivity index (χ4n) is 3.58. The van der Waals surface area contributed by atoms with Crippen LogP contribution in [0, 0.1) is 5.92 Å². The molecule has 30 heavy (non-hydrogen) atoms. The number of aliphatic hydroxyl groups is 1. The van der Waals surface area contributed by atoms with Gasteiger partial charge in [0, 0.05) is 26.7 Å². The molecule has 1 aliphatic heterocycles. The first-order chi connectivity index (χ1) is 14.2. The number of methoxy groups -OCH3 is 2. The summed E-state index contributed by atoms with van der Waals surface area (Å²) in [6, 6.07) is 4.66. The summed E-state index contributed by atoms with van der Waals surface area (Å²) in [4.78, 5) is 27.3. The zero-order chi connectivity index (χ0) is 22.4. The third-order valence-corrected chi connectivity index (χ3v) is 4.81. The monoisotopic (exact) mass is 419 g/mol. The molecule has 7 nitrogen and oxygen atoms in total. The number of carbonyl (C=O) groups is 2. The Morgan fingerprint density at radius 1 is 1.17 bits per heavy atom. The molecule has 0 saturated carbocycles. The molecular formula is C23H33NO6. The Morgan fingerprint density at radius 3 is 2.43 bits per heavy atom. The van der Waals surface area contributed by atoms with Gasteiger partial charge in [-0.15, -0.1) is 0 Å². The molecule has 0 aromatic heterocycles. The van der Waals surface area contributed by atoms with Gasteiger partial charge >= 0.3 is 0 Å². The number of benzene rings is 1. The lowest BCUT2D eigenvalue weighted by molar-refractivity contribution is -0.129. The Morgan fingerprint density at radius 2 is 1.87 bits per heavy atom. The Labute approximate surface area is 178 Å². The summed E-state index contributed by atoms with van der Waals surface area (Å²) in [5.74, 6) is -0.0412. The molecule has 1 amide bonds. The molecule has 1 aliphatic rings. The molecule has 7 heteroatoms. The van der Waals surface area contributed by atoms with Crippen molar-refractivity contribution in [1.29, 1.82) is 0 Å². The van der Waals surface area contributed by atoms with Crippen LogP contribution in [0.1, 0.15) is 52.1 Å². The summed E-state index contributed by atoms with van der Waals surface area (Å²) < 4.78 is 16.4. The predicted molar refractivity (Wildman–Crippen MR) is 114 cm³/mol. The van der Waals surface area contributed by atoms with Crippen molar-refractivity contribution < 1.29 is 28.9 Å². The van der Waals surface area contributed by atoms with Crippen molar-refractivity contribution in [3.05, 3.63) is 35.1 Å². The highest BCUT2D eigenvalue weighted by Gasteiger charge is 2.43. The first kappa shape index (κ1) is 23.7. The number of amides is 1. The Kier molecular flexibility index (Phi) is 8.29. The minimum atomic E-state index is -0.678. The third kappa shape index (κ3) is 5.33. The number of ketones is 1. The van der Waals surface area contributed by atoms with E-state index < -0.39 is 17.7 Å². The minimum Gasteiger partial charge on any atom is -0.503 e. The van der Waals surface area contributed by atoms with Crippen LogP contribution in [0.15, 0.2) is 29.5 Å². The minimum absolute atomic E-state index is 0.0320. The summed E-state index contributed by atoms with van der Waals surface area (Å²) in [5, 5.41) is 10.6. The molecule has 1 aromatic rings. The third-order valence-electron chi connectivity index (χ3n) is 4.81. The lowest BCUT2D eigenvalue weighted by Crippen LogP contribution is -2.32. The Balaban J connectivity index is 2.50. The molecular weight excluding hydrogens is 386 g/mol. The van der Waals surface area contributed by atoms with Crippen molar-refractivity contribution in [2.24, 2.45) is 5.92 Å². The highest BCUT2D eigenvalue weighted by atomic mass is 16.5. The maximum absolute atomic E-state index is 13.0. The van der Waals surface area contributed by atoms with E-state index in [2.05, 4.69) is 0 Å². The summed E-state index contributed by atoms with van der Waals surface area (Å²) in [6.07, 6.45) is 0.805. The van der Waals surface area contributed by atoms with Crippen LogP contribution in [0.4, 0.5) is 0 Å².